The zero-order valence-corrected chi connectivity index (χ0v) is 16.0. The lowest BCUT2D eigenvalue weighted by Crippen LogP contribution is -2.14. The maximum Gasteiger partial charge on any atom is 0.188 e. The highest BCUT2D eigenvalue weighted by Crippen LogP contribution is 2.22. The molecule has 3 rings (SSSR count). The average molecular weight is 363 g/mol. The molecule has 0 aromatic heterocycles. The first kappa shape index (κ1) is 18.3. The molecule has 0 saturated carbocycles. The molecule has 3 aromatic carbocycles. The van der Waals surface area contributed by atoms with Gasteiger partial charge < -0.3 is 9.47 Å². The summed E-state index contributed by atoms with van der Waals surface area (Å²) in [5.74, 6) is 0.863. The van der Waals surface area contributed by atoms with Crippen LogP contribution in [0.5, 0.6) is 5.75 Å². The smallest absolute Gasteiger partial charge is 0.188 e. The van der Waals surface area contributed by atoms with Gasteiger partial charge in [0.15, 0.2) is 6.79 Å². The molecule has 0 aliphatic carbocycles. The number of hydrogen-bond donors (Lipinski definition) is 0. The zero-order valence-electron chi connectivity index (χ0n) is 15.0. The summed E-state index contributed by atoms with van der Waals surface area (Å²) in [6.07, 6.45) is 1.95. The second-order valence-electron chi connectivity index (χ2n) is 5.80. The second-order valence-corrected chi connectivity index (χ2v) is 7.09. The van der Waals surface area contributed by atoms with Gasteiger partial charge in [-0.25, -0.2) is 0 Å². The fraction of sp³-hybridized carbons (Fsp3) is 0.136. The number of ether oxygens (including phenoxy) is 2. The standard InChI is InChI=1S/C22H22NO2P/c1-17-9-8-10-18(15-23-19-11-4-3-5-12-19)22(17)26-21-14-7-6-13-20(21)25-16-24-2/h3-15,26H,16H2,1-2H3/b23-15+. The monoisotopic (exact) mass is 363 g/mol. The lowest BCUT2D eigenvalue weighted by molar-refractivity contribution is 0.0519. The molecule has 0 saturated heterocycles. The minimum atomic E-state index is 0.248. The molecule has 1 unspecified atom stereocenters. The van der Waals surface area contributed by atoms with Crippen LogP contribution >= 0.6 is 8.58 Å². The molecule has 0 radical (unpaired) electrons. The van der Waals surface area contributed by atoms with Gasteiger partial charge in [-0.3, -0.25) is 4.99 Å². The molecule has 0 heterocycles. The fourth-order valence-electron chi connectivity index (χ4n) is 2.58. The van der Waals surface area contributed by atoms with Crippen LogP contribution in [0.15, 0.2) is 77.8 Å². The maximum absolute atomic E-state index is 5.72. The van der Waals surface area contributed by atoms with E-state index in [0.29, 0.717) is 8.58 Å². The Hall–Kier alpha value is -2.48. The molecule has 0 aliphatic heterocycles. The van der Waals surface area contributed by atoms with Crippen LogP contribution < -0.4 is 15.3 Å². The number of para-hydroxylation sites is 2. The van der Waals surface area contributed by atoms with Gasteiger partial charge in [-0.05, 0) is 36.0 Å². The van der Waals surface area contributed by atoms with E-state index in [1.807, 2.05) is 54.7 Å². The number of rotatable bonds is 7. The predicted molar refractivity (Wildman–Crippen MR) is 111 cm³/mol. The Morgan fingerprint density at radius 3 is 2.50 bits per heavy atom. The van der Waals surface area contributed by atoms with E-state index in [4.69, 9.17) is 9.47 Å². The number of aryl methyl sites for hydroxylation is 1. The van der Waals surface area contributed by atoms with Gasteiger partial charge in [-0.15, -0.1) is 0 Å². The van der Waals surface area contributed by atoms with Crippen LogP contribution in [-0.2, 0) is 4.74 Å². The van der Waals surface area contributed by atoms with Crippen molar-refractivity contribution >= 4 is 31.1 Å². The van der Waals surface area contributed by atoms with Crippen molar-refractivity contribution in [2.45, 2.75) is 6.92 Å². The highest BCUT2D eigenvalue weighted by Gasteiger charge is 2.09. The highest BCUT2D eigenvalue weighted by atomic mass is 31.1. The van der Waals surface area contributed by atoms with E-state index in [9.17, 15) is 0 Å². The first-order chi connectivity index (χ1) is 12.8. The van der Waals surface area contributed by atoms with E-state index in [1.165, 1.54) is 10.9 Å². The topological polar surface area (TPSA) is 30.8 Å². The van der Waals surface area contributed by atoms with Crippen LogP contribution in [0.2, 0.25) is 0 Å². The number of methoxy groups -OCH3 is 1. The van der Waals surface area contributed by atoms with Crippen molar-refractivity contribution in [1.29, 1.82) is 0 Å². The second kappa shape index (κ2) is 9.28. The molecule has 0 N–H and O–H groups in total. The fourth-order valence-corrected chi connectivity index (χ4v) is 3.88. The summed E-state index contributed by atoms with van der Waals surface area (Å²) in [7, 11) is 2.11. The van der Waals surface area contributed by atoms with Gasteiger partial charge in [-0.1, -0.05) is 63.2 Å². The first-order valence-electron chi connectivity index (χ1n) is 8.44. The normalized spacial score (nSPS) is 11.5. The van der Waals surface area contributed by atoms with Gasteiger partial charge in [0.25, 0.3) is 0 Å². The van der Waals surface area contributed by atoms with Gasteiger partial charge in [0.1, 0.15) is 5.75 Å². The van der Waals surface area contributed by atoms with Crippen molar-refractivity contribution < 1.29 is 9.47 Å². The minimum Gasteiger partial charge on any atom is -0.467 e. The van der Waals surface area contributed by atoms with Crippen LogP contribution in [0.1, 0.15) is 11.1 Å². The van der Waals surface area contributed by atoms with E-state index >= 15 is 0 Å². The SMILES string of the molecule is COCOc1ccccc1Pc1c(C)cccc1/C=N/c1ccccc1. The summed E-state index contributed by atoms with van der Waals surface area (Å²) in [5, 5.41) is 2.44. The average Bonchev–Trinajstić information content (AvgIpc) is 2.68. The van der Waals surface area contributed by atoms with E-state index in [2.05, 4.69) is 36.2 Å². The van der Waals surface area contributed by atoms with Crippen molar-refractivity contribution in [3.05, 3.63) is 83.9 Å². The van der Waals surface area contributed by atoms with E-state index < -0.39 is 0 Å². The molecular formula is C22H22NO2P. The molecule has 4 heteroatoms. The Morgan fingerprint density at radius 2 is 1.69 bits per heavy atom. The van der Waals surface area contributed by atoms with E-state index in [0.717, 1.165) is 22.3 Å². The molecule has 26 heavy (non-hydrogen) atoms. The molecule has 3 aromatic rings. The van der Waals surface area contributed by atoms with Crippen molar-refractivity contribution in [2.75, 3.05) is 13.9 Å². The Balaban J connectivity index is 1.90. The van der Waals surface area contributed by atoms with Gasteiger partial charge in [-0.2, -0.15) is 0 Å². The predicted octanol–water partition coefficient (Wildman–Crippen LogP) is 4.36. The molecule has 132 valence electrons. The van der Waals surface area contributed by atoms with Crippen LogP contribution in [0.4, 0.5) is 5.69 Å². The highest BCUT2D eigenvalue weighted by molar-refractivity contribution is 7.56. The Labute approximate surface area is 156 Å². The zero-order chi connectivity index (χ0) is 18.2. The third kappa shape index (κ3) is 4.78. The summed E-state index contributed by atoms with van der Waals surface area (Å²) in [6, 6.07) is 24.4. The van der Waals surface area contributed by atoms with Gasteiger partial charge in [0, 0.05) is 24.2 Å². The number of hydrogen-bond acceptors (Lipinski definition) is 3. The molecule has 0 aliphatic rings. The first-order valence-corrected chi connectivity index (χ1v) is 9.44. The quantitative estimate of drug-likeness (QED) is 0.355. The summed E-state index contributed by atoms with van der Waals surface area (Å²) in [5.41, 5.74) is 3.34. The molecule has 0 spiro atoms. The summed E-state index contributed by atoms with van der Waals surface area (Å²) in [4.78, 5) is 4.62. The van der Waals surface area contributed by atoms with Crippen molar-refractivity contribution in [3.63, 3.8) is 0 Å². The molecular weight excluding hydrogens is 341 g/mol. The van der Waals surface area contributed by atoms with Crippen LogP contribution in [-0.4, -0.2) is 20.1 Å². The number of benzene rings is 3. The Kier molecular flexibility index (Phi) is 6.54. The van der Waals surface area contributed by atoms with Gasteiger partial charge in [0.05, 0.1) is 5.69 Å². The third-order valence-electron chi connectivity index (χ3n) is 3.89. The summed E-state index contributed by atoms with van der Waals surface area (Å²) >= 11 is 0. The largest absolute Gasteiger partial charge is 0.467 e. The maximum atomic E-state index is 5.72. The molecule has 0 bridgehead atoms. The minimum absolute atomic E-state index is 0.248. The Bertz CT molecular complexity index is 878. The molecule has 0 amide bonds. The molecule has 0 fully saturated rings. The van der Waals surface area contributed by atoms with Crippen molar-refractivity contribution in [2.24, 2.45) is 4.99 Å². The molecule has 1 atom stereocenters. The molecule has 3 nitrogen and oxygen atoms in total. The van der Waals surface area contributed by atoms with Gasteiger partial charge >= 0.3 is 0 Å². The number of aliphatic imine (C=N–C) groups is 1. The van der Waals surface area contributed by atoms with Crippen molar-refractivity contribution in [1.82, 2.24) is 0 Å². The van der Waals surface area contributed by atoms with E-state index in [-0.39, 0.29) is 6.79 Å². The van der Waals surface area contributed by atoms with Gasteiger partial charge in [0.2, 0.25) is 0 Å². The lowest BCUT2D eigenvalue weighted by atomic mass is 10.1. The summed E-state index contributed by atoms with van der Waals surface area (Å²) < 4.78 is 10.8. The van der Waals surface area contributed by atoms with Crippen LogP contribution in [0, 0.1) is 6.92 Å². The van der Waals surface area contributed by atoms with Crippen LogP contribution in [0.25, 0.3) is 0 Å². The third-order valence-corrected chi connectivity index (χ3v) is 5.51. The van der Waals surface area contributed by atoms with Crippen LogP contribution in [0.3, 0.4) is 0 Å². The Morgan fingerprint density at radius 1 is 0.923 bits per heavy atom. The number of nitrogens with zero attached hydrogens (tertiary/aromatic N) is 1. The lowest BCUT2D eigenvalue weighted by Gasteiger charge is -2.14. The van der Waals surface area contributed by atoms with E-state index in [1.54, 1.807) is 7.11 Å². The summed E-state index contributed by atoms with van der Waals surface area (Å²) in [6.45, 7) is 2.39. The van der Waals surface area contributed by atoms with Crippen molar-refractivity contribution in [3.8, 4) is 5.75 Å².